The van der Waals surface area contributed by atoms with Crippen LogP contribution in [-0.2, 0) is 9.59 Å². The second-order valence-corrected chi connectivity index (χ2v) is 9.61. The number of carbonyl (C=O) groups is 2. The zero-order valence-corrected chi connectivity index (χ0v) is 17.3. The fourth-order valence-corrected chi connectivity index (χ4v) is 6.78. The van der Waals surface area contributed by atoms with Crippen molar-refractivity contribution in [2.75, 3.05) is 0 Å². The molecule has 1 spiro atoms. The standard InChI is InChI=1S/C18H14I2N2O3/c19-11-5-8(6-12(20)15(11)23)7-21-22-16(24)13-9-1-2-10(14(13)17(22)25)18(9)3-4-18/h1-2,5-7,9-10,13-14,23H,3-4H2/b21-7-/t9-,10-,13+,14+/m1/s1. The summed E-state index contributed by atoms with van der Waals surface area (Å²) in [5.41, 5.74) is 0.962. The number of rotatable bonds is 2. The predicted molar refractivity (Wildman–Crippen MR) is 108 cm³/mol. The topological polar surface area (TPSA) is 70.0 Å². The molecule has 1 N–H and O–H groups in total. The molecule has 1 aromatic carbocycles. The first-order chi connectivity index (χ1) is 11.9. The van der Waals surface area contributed by atoms with E-state index in [4.69, 9.17) is 0 Å². The number of aromatic hydroxyl groups is 1. The van der Waals surface area contributed by atoms with Crippen LogP contribution in [0.25, 0.3) is 0 Å². The van der Waals surface area contributed by atoms with Crippen LogP contribution in [0.4, 0.5) is 0 Å². The third-order valence-electron chi connectivity index (χ3n) is 6.19. The fourth-order valence-electron chi connectivity index (χ4n) is 4.96. The minimum Gasteiger partial charge on any atom is -0.506 e. The molecule has 4 atom stereocenters. The molecule has 3 aliphatic carbocycles. The second-order valence-electron chi connectivity index (χ2n) is 7.29. The summed E-state index contributed by atoms with van der Waals surface area (Å²) in [6.45, 7) is 0. The Balaban J connectivity index is 1.44. The van der Waals surface area contributed by atoms with Crippen molar-refractivity contribution in [2.24, 2.45) is 34.2 Å². The summed E-state index contributed by atoms with van der Waals surface area (Å²) in [5.74, 6) is -0.0809. The maximum Gasteiger partial charge on any atom is 0.254 e. The van der Waals surface area contributed by atoms with Crippen molar-refractivity contribution in [3.8, 4) is 5.75 Å². The van der Waals surface area contributed by atoms with E-state index >= 15 is 0 Å². The van der Waals surface area contributed by atoms with Gasteiger partial charge in [-0.3, -0.25) is 9.59 Å². The molecule has 1 aliphatic heterocycles. The number of phenolic OH excluding ortho intramolecular Hbond substituents is 1. The number of hydrazone groups is 1. The van der Waals surface area contributed by atoms with Crippen LogP contribution in [0.2, 0.25) is 0 Å². The van der Waals surface area contributed by atoms with E-state index in [1.807, 2.05) is 45.2 Å². The number of allylic oxidation sites excluding steroid dienone is 2. The van der Waals surface area contributed by atoms with Gasteiger partial charge in [0.05, 0.1) is 25.2 Å². The molecule has 4 aliphatic rings. The SMILES string of the molecule is O=C1[C@@H]2[C@@H](C(=O)N1/N=C\c1cc(I)c(O)c(I)c1)[C@H]1C=C[C@H]2C12CC2. The van der Waals surface area contributed by atoms with Gasteiger partial charge in [-0.1, -0.05) is 12.2 Å². The van der Waals surface area contributed by atoms with E-state index in [1.54, 1.807) is 12.1 Å². The first kappa shape index (κ1) is 16.2. The Bertz CT molecular complexity index is 833. The van der Waals surface area contributed by atoms with Crippen molar-refractivity contribution in [3.63, 3.8) is 0 Å². The molecular weight excluding hydrogens is 546 g/mol. The summed E-state index contributed by atoms with van der Waals surface area (Å²) in [6.07, 6.45) is 8.11. The Morgan fingerprint density at radius 1 is 1.08 bits per heavy atom. The predicted octanol–water partition coefficient (Wildman–Crippen LogP) is 3.13. The van der Waals surface area contributed by atoms with Crippen molar-refractivity contribution < 1.29 is 14.7 Å². The molecule has 3 fully saturated rings. The van der Waals surface area contributed by atoms with Crippen molar-refractivity contribution in [3.05, 3.63) is 37.0 Å². The van der Waals surface area contributed by atoms with Crippen LogP contribution in [0.1, 0.15) is 18.4 Å². The molecule has 2 saturated carbocycles. The Hall–Kier alpha value is -0.970. The minimum absolute atomic E-state index is 0.155. The fraction of sp³-hybridized carbons (Fsp3) is 0.389. The molecule has 7 heteroatoms. The summed E-state index contributed by atoms with van der Waals surface area (Å²) < 4.78 is 1.42. The summed E-state index contributed by atoms with van der Waals surface area (Å²) in [4.78, 5) is 25.7. The van der Waals surface area contributed by atoms with Gasteiger partial charge in [-0.05, 0) is 93.0 Å². The van der Waals surface area contributed by atoms with Gasteiger partial charge in [0, 0.05) is 0 Å². The van der Waals surface area contributed by atoms with Crippen molar-refractivity contribution in [2.45, 2.75) is 12.8 Å². The van der Waals surface area contributed by atoms with Gasteiger partial charge in [-0.25, -0.2) is 0 Å². The first-order valence-electron chi connectivity index (χ1n) is 8.22. The van der Waals surface area contributed by atoms with E-state index in [1.165, 1.54) is 6.21 Å². The third kappa shape index (κ3) is 2.08. The van der Waals surface area contributed by atoms with Crippen molar-refractivity contribution >= 4 is 63.2 Å². The number of benzene rings is 1. The number of amides is 2. The van der Waals surface area contributed by atoms with E-state index < -0.39 is 0 Å². The lowest BCUT2D eigenvalue weighted by Crippen LogP contribution is -2.30. The lowest BCUT2D eigenvalue weighted by molar-refractivity contribution is -0.141. The van der Waals surface area contributed by atoms with Crippen LogP contribution in [0.3, 0.4) is 0 Å². The zero-order chi connectivity index (χ0) is 17.5. The molecule has 128 valence electrons. The molecule has 2 amide bonds. The van der Waals surface area contributed by atoms with Crippen LogP contribution in [-0.4, -0.2) is 28.1 Å². The second kappa shape index (κ2) is 5.28. The molecule has 25 heavy (non-hydrogen) atoms. The van der Waals surface area contributed by atoms with E-state index in [0.29, 0.717) is 7.14 Å². The van der Waals surface area contributed by atoms with Gasteiger partial charge < -0.3 is 5.11 Å². The van der Waals surface area contributed by atoms with Gasteiger partial charge in [0.25, 0.3) is 11.8 Å². The normalized spacial score (nSPS) is 33.9. The molecule has 0 aromatic heterocycles. The molecule has 0 unspecified atom stereocenters. The van der Waals surface area contributed by atoms with Crippen LogP contribution < -0.4 is 0 Å². The van der Waals surface area contributed by atoms with Crippen molar-refractivity contribution in [1.82, 2.24) is 5.01 Å². The first-order valence-corrected chi connectivity index (χ1v) is 10.4. The van der Waals surface area contributed by atoms with E-state index in [2.05, 4.69) is 17.3 Å². The Morgan fingerprint density at radius 2 is 1.60 bits per heavy atom. The Morgan fingerprint density at radius 3 is 2.08 bits per heavy atom. The largest absolute Gasteiger partial charge is 0.506 e. The Labute approximate surface area is 171 Å². The number of carbonyl (C=O) groups excluding carboxylic acids is 2. The van der Waals surface area contributed by atoms with Crippen LogP contribution in [0.15, 0.2) is 29.4 Å². The number of hydrogen-bond donors (Lipinski definition) is 1. The quantitative estimate of drug-likeness (QED) is 0.262. The molecule has 1 saturated heterocycles. The van der Waals surface area contributed by atoms with Crippen LogP contribution in [0, 0.1) is 36.2 Å². The number of imide groups is 1. The average molecular weight is 560 g/mol. The molecule has 5 nitrogen and oxygen atoms in total. The maximum atomic E-state index is 12.8. The van der Waals surface area contributed by atoms with Gasteiger partial charge in [-0.2, -0.15) is 10.1 Å². The number of fused-ring (bicyclic) bond motifs is 3. The van der Waals surface area contributed by atoms with Gasteiger partial charge in [0.1, 0.15) is 5.75 Å². The summed E-state index contributed by atoms with van der Waals surface area (Å²) >= 11 is 4.09. The summed E-state index contributed by atoms with van der Waals surface area (Å²) in [6, 6.07) is 3.55. The average Bonchev–Trinajstić information content (AvgIpc) is 3.18. The lowest BCUT2D eigenvalue weighted by Gasteiger charge is -2.18. The highest BCUT2D eigenvalue weighted by molar-refractivity contribution is 14.1. The maximum absolute atomic E-state index is 12.8. The molecule has 2 bridgehead atoms. The molecule has 5 rings (SSSR count). The minimum atomic E-state index is -0.220. The van der Waals surface area contributed by atoms with Gasteiger partial charge >= 0.3 is 0 Å². The summed E-state index contributed by atoms with van der Waals surface area (Å²) in [5, 5.41) is 15.1. The van der Waals surface area contributed by atoms with Gasteiger partial charge in [0.2, 0.25) is 0 Å². The van der Waals surface area contributed by atoms with E-state index in [9.17, 15) is 14.7 Å². The highest BCUT2D eigenvalue weighted by Crippen LogP contribution is 2.73. The van der Waals surface area contributed by atoms with E-state index in [-0.39, 0.29) is 46.7 Å². The van der Waals surface area contributed by atoms with Crippen molar-refractivity contribution in [1.29, 1.82) is 0 Å². The van der Waals surface area contributed by atoms with Gasteiger partial charge in [0.15, 0.2) is 0 Å². The van der Waals surface area contributed by atoms with E-state index in [0.717, 1.165) is 23.4 Å². The van der Waals surface area contributed by atoms with Crippen LogP contribution in [0.5, 0.6) is 5.75 Å². The number of halogens is 2. The monoisotopic (exact) mass is 560 g/mol. The summed E-state index contributed by atoms with van der Waals surface area (Å²) in [7, 11) is 0. The highest BCUT2D eigenvalue weighted by atomic mass is 127. The Kier molecular flexibility index (Phi) is 3.42. The zero-order valence-electron chi connectivity index (χ0n) is 13.0. The highest BCUT2D eigenvalue weighted by Gasteiger charge is 2.73. The number of hydrogen-bond acceptors (Lipinski definition) is 4. The molecule has 1 heterocycles. The third-order valence-corrected chi connectivity index (χ3v) is 7.84. The molecule has 1 aromatic rings. The number of phenols is 1. The molecule has 0 radical (unpaired) electrons. The molecular formula is C18H14I2N2O3. The lowest BCUT2D eigenvalue weighted by atomic mass is 9.85. The number of nitrogens with zero attached hydrogens (tertiary/aromatic N) is 2. The smallest absolute Gasteiger partial charge is 0.254 e. The van der Waals surface area contributed by atoms with Gasteiger partial charge in [-0.15, -0.1) is 0 Å². The van der Waals surface area contributed by atoms with Crippen LogP contribution >= 0.6 is 45.2 Å².